The maximum absolute atomic E-state index is 13.7. The predicted octanol–water partition coefficient (Wildman–Crippen LogP) is 4.79. The van der Waals surface area contributed by atoms with Crippen molar-refractivity contribution in [1.29, 1.82) is 0 Å². The molecule has 34 heavy (non-hydrogen) atoms. The summed E-state index contributed by atoms with van der Waals surface area (Å²) in [5.41, 5.74) is 2.04. The number of rotatable bonds is 8. The molecule has 0 saturated carbocycles. The maximum Gasteiger partial charge on any atom is 0.259 e. The van der Waals surface area contributed by atoms with Gasteiger partial charge in [0.1, 0.15) is 12.6 Å². The summed E-state index contributed by atoms with van der Waals surface area (Å²) in [5.74, 6) is -0.752. The van der Waals surface area contributed by atoms with Gasteiger partial charge in [-0.05, 0) is 49.4 Å². The zero-order valence-electron chi connectivity index (χ0n) is 19.5. The van der Waals surface area contributed by atoms with Crippen LogP contribution in [0.2, 0.25) is 5.02 Å². The van der Waals surface area contributed by atoms with Gasteiger partial charge in [0.05, 0.1) is 5.69 Å². The number of anilines is 1. The molecule has 3 amide bonds. The largest absolute Gasteiger partial charge is 0.352 e. The molecule has 0 fully saturated rings. The van der Waals surface area contributed by atoms with Crippen LogP contribution in [0.15, 0.2) is 60.7 Å². The molecule has 1 aliphatic heterocycles. The van der Waals surface area contributed by atoms with Crippen LogP contribution >= 0.6 is 11.6 Å². The molecule has 0 spiro atoms. The molecule has 3 aromatic rings. The van der Waals surface area contributed by atoms with Gasteiger partial charge < -0.3 is 10.2 Å². The van der Waals surface area contributed by atoms with Crippen molar-refractivity contribution in [1.82, 2.24) is 10.2 Å². The van der Waals surface area contributed by atoms with Gasteiger partial charge >= 0.3 is 0 Å². The van der Waals surface area contributed by atoms with E-state index < -0.39 is 6.04 Å². The molecule has 1 atom stereocenters. The van der Waals surface area contributed by atoms with Gasteiger partial charge in [-0.25, -0.2) is 0 Å². The molecule has 7 heteroatoms. The lowest BCUT2D eigenvalue weighted by Crippen LogP contribution is -2.53. The van der Waals surface area contributed by atoms with E-state index in [1.165, 1.54) is 9.80 Å². The highest BCUT2D eigenvalue weighted by molar-refractivity contribution is 6.31. The first-order chi connectivity index (χ1) is 16.3. The summed E-state index contributed by atoms with van der Waals surface area (Å²) >= 11 is 6.39. The van der Waals surface area contributed by atoms with Crippen molar-refractivity contribution >= 4 is 45.8 Å². The van der Waals surface area contributed by atoms with Crippen molar-refractivity contribution in [2.45, 2.75) is 45.8 Å². The first-order valence-electron chi connectivity index (χ1n) is 11.5. The van der Waals surface area contributed by atoms with Gasteiger partial charge in [-0.1, -0.05) is 61.0 Å². The van der Waals surface area contributed by atoms with E-state index in [1.807, 2.05) is 69.3 Å². The van der Waals surface area contributed by atoms with Gasteiger partial charge in [-0.2, -0.15) is 0 Å². The lowest BCUT2D eigenvalue weighted by molar-refractivity contribution is -0.140. The van der Waals surface area contributed by atoms with Crippen LogP contribution in [-0.4, -0.2) is 41.2 Å². The van der Waals surface area contributed by atoms with Crippen molar-refractivity contribution in [2.24, 2.45) is 0 Å². The summed E-state index contributed by atoms with van der Waals surface area (Å²) in [6.07, 6.45) is 0.429. The quantitative estimate of drug-likeness (QED) is 0.507. The molecule has 4 rings (SSSR count). The highest BCUT2D eigenvalue weighted by Crippen LogP contribution is 2.37. The number of hydrogen-bond donors (Lipinski definition) is 1. The van der Waals surface area contributed by atoms with Gasteiger partial charge in [0.25, 0.3) is 5.91 Å². The average molecular weight is 478 g/mol. The fourth-order valence-electron chi connectivity index (χ4n) is 4.47. The Kier molecular flexibility index (Phi) is 6.89. The standard InChI is InChI=1S/C27H28ClN3O3/c1-4-22(26(33)29-17(2)3)30(15-19-9-5-6-13-21(19)28)24(32)16-31-23-14-8-11-18-10-7-12-20(25(18)23)27(31)34/h5-14,17,22H,4,15-16H2,1-3H3,(H,29,33)/t22-/m1/s1. The normalized spacial score (nSPS) is 13.4. The zero-order valence-corrected chi connectivity index (χ0v) is 20.3. The molecule has 1 aliphatic rings. The van der Waals surface area contributed by atoms with E-state index in [0.29, 0.717) is 22.7 Å². The fourth-order valence-corrected chi connectivity index (χ4v) is 4.67. The van der Waals surface area contributed by atoms with Crippen molar-refractivity contribution in [3.05, 3.63) is 76.8 Å². The van der Waals surface area contributed by atoms with Crippen LogP contribution in [0.25, 0.3) is 10.8 Å². The Hall–Kier alpha value is -3.38. The van der Waals surface area contributed by atoms with Crippen molar-refractivity contribution < 1.29 is 14.4 Å². The van der Waals surface area contributed by atoms with Crippen LogP contribution in [0.1, 0.15) is 43.1 Å². The predicted molar refractivity (Wildman–Crippen MR) is 135 cm³/mol. The van der Waals surface area contributed by atoms with Crippen LogP contribution in [0, 0.1) is 0 Å². The lowest BCUT2D eigenvalue weighted by atomic mass is 10.1. The second-order valence-electron chi connectivity index (χ2n) is 8.77. The average Bonchev–Trinajstić information content (AvgIpc) is 3.07. The summed E-state index contributed by atoms with van der Waals surface area (Å²) in [7, 11) is 0. The number of carbonyl (C=O) groups is 3. The van der Waals surface area contributed by atoms with Crippen molar-refractivity contribution in [3.63, 3.8) is 0 Å². The lowest BCUT2D eigenvalue weighted by Gasteiger charge is -2.32. The van der Waals surface area contributed by atoms with Crippen molar-refractivity contribution in [3.8, 4) is 0 Å². The summed E-state index contributed by atoms with van der Waals surface area (Å²) in [4.78, 5) is 43.0. The first kappa shape index (κ1) is 23.8. The third-order valence-electron chi connectivity index (χ3n) is 6.06. The summed E-state index contributed by atoms with van der Waals surface area (Å²) in [6.45, 7) is 5.64. The van der Waals surface area contributed by atoms with Gasteiger partial charge in [0.2, 0.25) is 11.8 Å². The van der Waals surface area contributed by atoms with E-state index in [1.54, 1.807) is 12.1 Å². The molecule has 6 nitrogen and oxygen atoms in total. The molecule has 0 aliphatic carbocycles. The van der Waals surface area contributed by atoms with Gasteiger partial charge in [-0.3, -0.25) is 19.3 Å². The van der Waals surface area contributed by atoms with E-state index in [4.69, 9.17) is 11.6 Å². The number of amides is 3. The summed E-state index contributed by atoms with van der Waals surface area (Å²) < 4.78 is 0. The number of hydrogen-bond acceptors (Lipinski definition) is 3. The molecule has 0 bridgehead atoms. The number of carbonyl (C=O) groups excluding carboxylic acids is 3. The zero-order chi connectivity index (χ0) is 24.4. The number of nitrogens with one attached hydrogen (secondary N) is 1. The van der Waals surface area contributed by atoms with Crippen LogP contribution in [0.4, 0.5) is 5.69 Å². The van der Waals surface area contributed by atoms with Gasteiger partial charge in [0, 0.05) is 28.6 Å². The van der Waals surface area contributed by atoms with Crippen LogP contribution in [0.3, 0.4) is 0 Å². The second-order valence-corrected chi connectivity index (χ2v) is 9.18. The number of nitrogens with zero attached hydrogens (tertiary/aromatic N) is 2. The molecule has 1 heterocycles. The van der Waals surface area contributed by atoms with Gasteiger partial charge in [-0.15, -0.1) is 0 Å². The molecule has 1 N–H and O–H groups in total. The van der Waals surface area contributed by atoms with Crippen molar-refractivity contribution in [2.75, 3.05) is 11.4 Å². The maximum atomic E-state index is 13.7. The molecule has 0 aromatic heterocycles. The molecule has 0 saturated heterocycles. The van der Waals surface area contributed by atoms with Gasteiger partial charge in [0.15, 0.2) is 0 Å². The summed E-state index contributed by atoms with van der Waals surface area (Å²) in [6, 6.07) is 17.8. The summed E-state index contributed by atoms with van der Waals surface area (Å²) in [5, 5.41) is 5.24. The number of halogens is 1. The Morgan fingerprint density at radius 3 is 2.41 bits per heavy atom. The number of benzene rings is 3. The van der Waals surface area contributed by atoms with E-state index in [9.17, 15) is 14.4 Å². The highest BCUT2D eigenvalue weighted by atomic mass is 35.5. The Morgan fingerprint density at radius 1 is 1.03 bits per heavy atom. The van der Waals surface area contributed by atoms with Crippen LogP contribution < -0.4 is 10.2 Å². The molecule has 0 unspecified atom stereocenters. The second kappa shape index (κ2) is 9.85. The van der Waals surface area contributed by atoms with E-state index in [-0.39, 0.29) is 36.9 Å². The van der Waals surface area contributed by atoms with E-state index in [2.05, 4.69) is 5.32 Å². The molecular weight excluding hydrogens is 450 g/mol. The Morgan fingerprint density at radius 2 is 1.74 bits per heavy atom. The topological polar surface area (TPSA) is 69.7 Å². The SMILES string of the molecule is CC[C@H](C(=O)NC(C)C)N(Cc1ccccc1Cl)C(=O)CN1C(=O)c2cccc3cccc1c23. The highest BCUT2D eigenvalue weighted by Gasteiger charge is 2.35. The third-order valence-corrected chi connectivity index (χ3v) is 6.43. The Bertz CT molecular complexity index is 1250. The molecule has 176 valence electrons. The van der Waals surface area contributed by atoms with Crippen LogP contribution in [-0.2, 0) is 16.1 Å². The minimum atomic E-state index is -0.693. The monoisotopic (exact) mass is 477 g/mol. The Labute approximate surface area is 204 Å². The van der Waals surface area contributed by atoms with Crippen LogP contribution in [0.5, 0.6) is 0 Å². The molecular formula is C27H28ClN3O3. The smallest absolute Gasteiger partial charge is 0.259 e. The molecule has 0 radical (unpaired) electrons. The molecule has 3 aromatic carbocycles. The fraction of sp³-hybridized carbons (Fsp3) is 0.296. The Balaban J connectivity index is 1.67. The van der Waals surface area contributed by atoms with E-state index >= 15 is 0 Å². The minimum Gasteiger partial charge on any atom is -0.352 e. The first-order valence-corrected chi connectivity index (χ1v) is 11.9. The minimum absolute atomic E-state index is 0.0638. The third kappa shape index (κ3) is 4.50. The van der Waals surface area contributed by atoms with E-state index in [0.717, 1.165) is 16.3 Å².